The van der Waals surface area contributed by atoms with E-state index in [1.165, 1.54) is 0 Å². The summed E-state index contributed by atoms with van der Waals surface area (Å²) in [6, 6.07) is 4.81. The number of hydrogen-bond donors (Lipinski definition) is 2. The van der Waals surface area contributed by atoms with Crippen molar-refractivity contribution in [1.29, 1.82) is 0 Å². The smallest absolute Gasteiger partial charge is 0.215 e. The summed E-state index contributed by atoms with van der Waals surface area (Å²) in [7, 11) is -3.38. The van der Waals surface area contributed by atoms with Crippen molar-refractivity contribution >= 4 is 58.0 Å². The second-order valence-electron chi connectivity index (χ2n) is 5.02. The molecule has 1 saturated heterocycles. The molecule has 0 atom stereocenters. The van der Waals surface area contributed by atoms with Crippen LogP contribution in [0.4, 0.5) is 0 Å². The molecule has 1 fully saturated rings. The van der Waals surface area contributed by atoms with Crippen LogP contribution >= 0.6 is 48.0 Å². The first kappa shape index (κ1) is 23.2. The third-order valence-corrected chi connectivity index (χ3v) is 5.03. The zero-order chi connectivity index (χ0) is 15.3. The van der Waals surface area contributed by atoms with Gasteiger partial charge in [0.1, 0.15) is 0 Å². The van der Waals surface area contributed by atoms with Crippen LogP contribution in [0.3, 0.4) is 0 Å². The lowest BCUT2D eigenvalue weighted by Gasteiger charge is -2.27. The zero-order valence-corrected chi connectivity index (χ0v) is 16.4. The SMILES string of the molecule is Cl.Cl.O=S(=O)(Cc1cc(Cl)cc(Cl)c1)NCCN1CCNCC1. The quantitative estimate of drug-likeness (QED) is 0.734. The fraction of sp³-hybridized carbons (Fsp3) is 0.538. The van der Waals surface area contributed by atoms with Gasteiger partial charge < -0.3 is 5.32 Å². The van der Waals surface area contributed by atoms with Crippen molar-refractivity contribution < 1.29 is 8.42 Å². The van der Waals surface area contributed by atoms with E-state index in [4.69, 9.17) is 23.2 Å². The summed E-state index contributed by atoms with van der Waals surface area (Å²) in [4.78, 5) is 2.23. The van der Waals surface area contributed by atoms with E-state index in [-0.39, 0.29) is 30.6 Å². The molecule has 0 aromatic heterocycles. The third-order valence-electron chi connectivity index (χ3n) is 3.24. The first-order valence-corrected chi connectivity index (χ1v) is 9.21. The van der Waals surface area contributed by atoms with Crippen LogP contribution in [0.5, 0.6) is 0 Å². The van der Waals surface area contributed by atoms with Gasteiger partial charge in [0.15, 0.2) is 0 Å². The van der Waals surface area contributed by atoms with Gasteiger partial charge in [0.05, 0.1) is 5.75 Å². The van der Waals surface area contributed by atoms with E-state index in [0.29, 0.717) is 22.2 Å². The molecule has 5 nitrogen and oxygen atoms in total. The number of benzene rings is 1. The Balaban J connectivity index is 0.00000242. The van der Waals surface area contributed by atoms with Gasteiger partial charge in [-0.3, -0.25) is 4.90 Å². The Morgan fingerprint density at radius 3 is 2.22 bits per heavy atom. The van der Waals surface area contributed by atoms with Gasteiger partial charge in [0, 0.05) is 49.3 Å². The van der Waals surface area contributed by atoms with E-state index in [9.17, 15) is 8.42 Å². The Morgan fingerprint density at radius 1 is 1.09 bits per heavy atom. The van der Waals surface area contributed by atoms with E-state index in [2.05, 4.69) is 14.9 Å². The average Bonchev–Trinajstić information content (AvgIpc) is 2.37. The molecular weight excluding hydrogens is 404 g/mol. The highest BCUT2D eigenvalue weighted by Crippen LogP contribution is 2.20. The van der Waals surface area contributed by atoms with Gasteiger partial charge in [-0.2, -0.15) is 0 Å². The fourth-order valence-corrected chi connectivity index (χ4v) is 3.94. The molecule has 10 heteroatoms. The van der Waals surface area contributed by atoms with Gasteiger partial charge in [-0.1, -0.05) is 23.2 Å². The highest BCUT2D eigenvalue weighted by Gasteiger charge is 2.14. The lowest BCUT2D eigenvalue weighted by atomic mass is 10.2. The van der Waals surface area contributed by atoms with Gasteiger partial charge >= 0.3 is 0 Å². The van der Waals surface area contributed by atoms with Crippen LogP contribution in [-0.4, -0.2) is 52.6 Å². The molecule has 1 heterocycles. The van der Waals surface area contributed by atoms with E-state index in [1.54, 1.807) is 18.2 Å². The van der Waals surface area contributed by atoms with Crippen molar-refractivity contribution in [2.45, 2.75) is 5.75 Å². The maximum atomic E-state index is 12.0. The number of sulfonamides is 1. The van der Waals surface area contributed by atoms with Crippen LogP contribution in [0.25, 0.3) is 0 Å². The van der Waals surface area contributed by atoms with E-state index in [0.717, 1.165) is 32.7 Å². The molecule has 0 spiro atoms. The number of hydrogen-bond acceptors (Lipinski definition) is 4. The largest absolute Gasteiger partial charge is 0.314 e. The second kappa shape index (κ2) is 10.9. The molecule has 0 unspecified atom stereocenters. The lowest BCUT2D eigenvalue weighted by molar-refractivity contribution is 0.245. The van der Waals surface area contributed by atoms with Crippen molar-refractivity contribution in [2.75, 3.05) is 39.3 Å². The number of halogens is 4. The minimum Gasteiger partial charge on any atom is -0.314 e. The summed E-state index contributed by atoms with van der Waals surface area (Å²) < 4.78 is 26.7. The molecule has 23 heavy (non-hydrogen) atoms. The van der Waals surface area contributed by atoms with Crippen molar-refractivity contribution in [2.24, 2.45) is 0 Å². The summed E-state index contributed by atoms with van der Waals surface area (Å²) in [6.07, 6.45) is 0. The highest BCUT2D eigenvalue weighted by molar-refractivity contribution is 7.88. The molecular formula is C13H21Cl4N3O2S. The molecule has 0 amide bonds. The molecule has 0 bridgehead atoms. The minimum atomic E-state index is -3.38. The van der Waals surface area contributed by atoms with Gasteiger partial charge in [-0.15, -0.1) is 24.8 Å². The van der Waals surface area contributed by atoms with Crippen molar-refractivity contribution in [1.82, 2.24) is 14.9 Å². The predicted molar refractivity (Wildman–Crippen MR) is 101 cm³/mol. The first-order valence-electron chi connectivity index (χ1n) is 6.80. The second-order valence-corrected chi connectivity index (χ2v) is 7.70. The maximum Gasteiger partial charge on any atom is 0.215 e. The van der Waals surface area contributed by atoms with Gasteiger partial charge in [-0.25, -0.2) is 13.1 Å². The van der Waals surface area contributed by atoms with Crippen molar-refractivity contribution in [3.8, 4) is 0 Å². The summed E-state index contributed by atoms with van der Waals surface area (Å²) >= 11 is 11.7. The molecule has 0 saturated carbocycles. The molecule has 134 valence electrons. The van der Waals surface area contributed by atoms with Crippen molar-refractivity contribution in [3.05, 3.63) is 33.8 Å². The molecule has 2 rings (SSSR count). The predicted octanol–water partition coefficient (Wildman–Crippen LogP) is 2.16. The Labute approximate surface area is 160 Å². The summed E-state index contributed by atoms with van der Waals surface area (Å²) in [5.74, 6) is -0.116. The number of piperazine rings is 1. The monoisotopic (exact) mass is 423 g/mol. The minimum absolute atomic E-state index is 0. The van der Waals surface area contributed by atoms with Gasteiger partial charge in [0.2, 0.25) is 10.0 Å². The van der Waals surface area contributed by atoms with Crippen LogP contribution in [0.2, 0.25) is 10.0 Å². The molecule has 1 aromatic carbocycles. The number of nitrogens with one attached hydrogen (secondary N) is 2. The van der Waals surface area contributed by atoms with Crippen LogP contribution in [0.1, 0.15) is 5.56 Å². The van der Waals surface area contributed by atoms with E-state index >= 15 is 0 Å². The van der Waals surface area contributed by atoms with Crippen LogP contribution < -0.4 is 10.0 Å². The van der Waals surface area contributed by atoms with E-state index < -0.39 is 10.0 Å². The Kier molecular flexibility index (Phi) is 11.0. The first-order chi connectivity index (χ1) is 9.94. The van der Waals surface area contributed by atoms with E-state index in [1.807, 2.05) is 0 Å². The molecule has 0 radical (unpaired) electrons. The summed E-state index contributed by atoms with van der Waals surface area (Å²) in [5.41, 5.74) is 0.585. The third kappa shape index (κ3) is 8.74. The average molecular weight is 425 g/mol. The fourth-order valence-electron chi connectivity index (χ4n) is 2.26. The molecule has 1 aromatic rings. The zero-order valence-electron chi connectivity index (χ0n) is 12.4. The van der Waals surface area contributed by atoms with Crippen LogP contribution in [0, 0.1) is 0 Å². The molecule has 0 aliphatic carbocycles. The Bertz CT molecular complexity index is 560. The summed E-state index contributed by atoms with van der Waals surface area (Å²) in [6.45, 7) is 4.94. The standard InChI is InChI=1S/C13H19Cl2N3O2S.2ClH/c14-12-7-11(8-13(15)9-12)10-21(19,20)17-3-6-18-4-1-16-2-5-18;;/h7-9,16-17H,1-6,10H2;2*1H. The van der Waals surface area contributed by atoms with Gasteiger partial charge in [0.25, 0.3) is 0 Å². The molecule has 2 N–H and O–H groups in total. The highest BCUT2D eigenvalue weighted by atomic mass is 35.5. The van der Waals surface area contributed by atoms with Crippen LogP contribution in [-0.2, 0) is 15.8 Å². The Hall–Kier alpha value is 0.210. The lowest BCUT2D eigenvalue weighted by Crippen LogP contribution is -2.46. The number of rotatable bonds is 6. The molecule has 1 aliphatic heterocycles. The number of nitrogens with zero attached hydrogens (tertiary/aromatic N) is 1. The summed E-state index contributed by atoms with van der Waals surface area (Å²) in [5, 5.41) is 4.14. The molecule has 1 aliphatic rings. The normalized spacial score (nSPS) is 15.6. The van der Waals surface area contributed by atoms with Crippen LogP contribution in [0.15, 0.2) is 18.2 Å². The Morgan fingerprint density at radius 2 is 1.65 bits per heavy atom. The topological polar surface area (TPSA) is 61.4 Å². The van der Waals surface area contributed by atoms with Gasteiger partial charge in [-0.05, 0) is 23.8 Å². The van der Waals surface area contributed by atoms with Crippen molar-refractivity contribution in [3.63, 3.8) is 0 Å². The maximum absolute atomic E-state index is 12.0.